The van der Waals surface area contributed by atoms with Gasteiger partial charge in [0.2, 0.25) is 0 Å². The van der Waals surface area contributed by atoms with Crippen LogP contribution in [0.15, 0.2) is 54.6 Å². The highest BCUT2D eigenvalue weighted by atomic mass is 16.4. The zero-order valence-corrected chi connectivity index (χ0v) is 12.8. The molecule has 2 aromatic rings. The Kier molecular flexibility index (Phi) is 5.13. The summed E-state index contributed by atoms with van der Waals surface area (Å²) in [5, 5.41) is 20.4. The Morgan fingerprint density at radius 3 is 1.83 bits per heavy atom. The molecule has 3 rings (SSSR count). The van der Waals surface area contributed by atoms with E-state index >= 15 is 0 Å². The molecule has 1 saturated carbocycles. The van der Waals surface area contributed by atoms with Crippen LogP contribution in [0, 0.1) is 0 Å². The topological polar surface area (TPSA) is 86.6 Å². The standard InChI is InChI=1S/C10H13N.C8H6O4/c1-11-10(7-8-10)9-5-3-2-4-6-9;9-7(10)5-2-1-3-6(4-5)8(11)12/h2-6,11H,7-8H2,1H3;1-4H,(H,9,10)(H,11,12). The van der Waals surface area contributed by atoms with Gasteiger partial charge in [0.1, 0.15) is 0 Å². The van der Waals surface area contributed by atoms with Crippen molar-refractivity contribution in [2.24, 2.45) is 0 Å². The number of carbonyl (C=O) groups is 2. The lowest BCUT2D eigenvalue weighted by molar-refractivity contribution is 0.0696. The van der Waals surface area contributed by atoms with E-state index in [-0.39, 0.29) is 11.1 Å². The Morgan fingerprint density at radius 1 is 0.913 bits per heavy atom. The van der Waals surface area contributed by atoms with Crippen molar-refractivity contribution >= 4 is 11.9 Å². The van der Waals surface area contributed by atoms with E-state index in [4.69, 9.17) is 10.2 Å². The fourth-order valence-electron chi connectivity index (χ4n) is 2.35. The number of hydrogen-bond acceptors (Lipinski definition) is 3. The van der Waals surface area contributed by atoms with Gasteiger partial charge in [0.05, 0.1) is 11.1 Å². The first-order chi connectivity index (χ1) is 11.0. The second-order valence-corrected chi connectivity index (χ2v) is 5.39. The molecule has 120 valence electrons. The van der Waals surface area contributed by atoms with E-state index in [0.29, 0.717) is 5.54 Å². The molecule has 1 fully saturated rings. The van der Waals surface area contributed by atoms with Crippen LogP contribution >= 0.6 is 0 Å². The largest absolute Gasteiger partial charge is 0.478 e. The fraction of sp³-hybridized carbons (Fsp3) is 0.222. The average Bonchev–Trinajstić information content (AvgIpc) is 3.37. The number of benzene rings is 2. The predicted octanol–water partition coefficient (Wildman–Crippen LogP) is 2.98. The van der Waals surface area contributed by atoms with Crippen molar-refractivity contribution in [3.05, 3.63) is 71.3 Å². The maximum atomic E-state index is 10.4. The minimum Gasteiger partial charge on any atom is -0.478 e. The zero-order valence-electron chi connectivity index (χ0n) is 12.8. The Bertz CT molecular complexity index is 664. The normalized spacial score (nSPS) is 14.3. The molecule has 0 heterocycles. The number of carboxylic acid groups (broad SMARTS) is 2. The highest BCUT2D eigenvalue weighted by Crippen LogP contribution is 2.44. The van der Waals surface area contributed by atoms with E-state index < -0.39 is 11.9 Å². The molecule has 3 N–H and O–H groups in total. The maximum Gasteiger partial charge on any atom is 0.335 e. The molecule has 0 unspecified atom stereocenters. The summed E-state index contributed by atoms with van der Waals surface area (Å²) in [5.74, 6) is -2.25. The highest BCUT2D eigenvalue weighted by molar-refractivity contribution is 5.93. The van der Waals surface area contributed by atoms with E-state index in [9.17, 15) is 9.59 Å². The van der Waals surface area contributed by atoms with Crippen molar-refractivity contribution in [1.29, 1.82) is 0 Å². The number of hydrogen-bond donors (Lipinski definition) is 3. The molecule has 5 nitrogen and oxygen atoms in total. The molecule has 0 amide bonds. The quantitative estimate of drug-likeness (QED) is 0.808. The van der Waals surface area contributed by atoms with Crippen LogP contribution < -0.4 is 5.32 Å². The first-order valence-corrected chi connectivity index (χ1v) is 7.29. The van der Waals surface area contributed by atoms with Crippen LogP contribution in [0.1, 0.15) is 39.1 Å². The molecule has 1 aliphatic carbocycles. The second kappa shape index (κ2) is 7.07. The third-order valence-electron chi connectivity index (χ3n) is 3.91. The smallest absolute Gasteiger partial charge is 0.335 e. The Labute approximate surface area is 134 Å². The fourth-order valence-corrected chi connectivity index (χ4v) is 2.35. The number of aromatic carboxylic acids is 2. The van der Waals surface area contributed by atoms with E-state index in [2.05, 4.69) is 35.6 Å². The molecule has 1 aliphatic rings. The predicted molar refractivity (Wildman–Crippen MR) is 86.8 cm³/mol. The van der Waals surface area contributed by atoms with Gasteiger partial charge in [0.25, 0.3) is 0 Å². The van der Waals surface area contributed by atoms with Crippen molar-refractivity contribution < 1.29 is 19.8 Å². The summed E-state index contributed by atoms with van der Waals surface area (Å²) in [7, 11) is 2.04. The zero-order chi connectivity index (χ0) is 16.9. The van der Waals surface area contributed by atoms with Crippen LogP contribution in [0.5, 0.6) is 0 Å². The number of rotatable bonds is 4. The molecule has 0 saturated heterocycles. The molecule has 0 radical (unpaired) electrons. The van der Waals surface area contributed by atoms with Crippen molar-refractivity contribution in [2.45, 2.75) is 18.4 Å². The first-order valence-electron chi connectivity index (χ1n) is 7.29. The van der Waals surface area contributed by atoms with Gasteiger partial charge in [0.15, 0.2) is 0 Å². The first kappa shape index (κ1) is 16.7. The van der Waals surface area contributed by atoms with Gasteiger partial charge in [-0.1, -0.05) is 36.4 Å². The minimum atomic E-state index is -1.13. The van der Waals surface area contributed by atoms with Crippen LogP contribution in [0.25, 0.3) is 0 Å². The molecule has 0 atom stereocenters. The summed E-state index contributed by atoms with van der Waals surface area (Å²) in [5.41, 5.74) is 1.73. The van der Waals surface area contributed by atoms with Crippen LogP contribution in [0.4, 0.5) is 0 Å². The van der Waals surface area contributed by atoms with Crippen LogP contribution in [0.3, 0.4) is 0 Å². The highest BCUT2D eigenvalue weighted by Gasteiger charge is 2.42. The summed E-state index contributed by atoms with van der Waals surface area (Å²) in [6.07, 6.45) is 2.57. The lowest BCUT2D eigenvalue weighted by Gasteiger charge is -2.13. The summed E-state index contributed by atoms with van der Waals surface area (Å²) in [6, 6.07) is 15.9. The van der Waals surface area contributed by atoms with Gasteiger partial charge in [-0.05, 0) is 43.7 Å². The number of carboxylic acids is 2. The molecular formula is C18H19NO4. The summed E-state index contributed by atoms with van der Waals surface area (Å²) < 4.78 is 0. The Morgan fingerprint density at radius 2 is 1.43 bits per heavy atom. The monoisotopic (exact) mass is 313 g/mol. The average molecular weight is 313 g/mol. The maximum absolute atomic E-state index is 10.4. The van der Waals surface area contributed by atoms with Crippen LogP contribution in [-0.4, -0.2) is 29.2 Å². The third-order valence-corrected chi connectivity index (χ3v) is 3.91. The molecular weight excluding hydrogens is 294 g/mol. The molecule has 23 heavy (non-hydrogen) atoms. The number of nitrogens with one attached hydrogen (secondary N) is 1. The Hall–Kier alpha value is -2.66. The lowest BCUT2D eigenvalue weighted by atomic mass is 10.1. The van der Waals surface area contributed by atoms with Crippen molar-refractivity contribution in [3.8, 4) is 0 Å². The van der Waals surface area contributed by atoms with Crippen molar-refractivity contribution in [2.75, 3.05) is 7.05 Å². The van der Waals surface area contributed by atoms with Gasteiger partial charge in [-0.15, -0.1) is 0 Å². The molecule has 0 aromatic heterocycles. The molecule has 0 bridgehead atoms. The van der Waals surface area contributed by atoms with Crippen LogP contribution in [0.2, 0.25) is 0 Å². The Balaban J connectivity index is 0.000000167. The van der Waals surface area contributed by atoms with Crippen molar-refractivity contribution in [1.82, 2.24) is 5.32 Å². The second-order valence-electron chi connectivity index (χ2n) is 5.39. The van der Waals surface area contributed by atoms with Gasteiger partial charge in [0, 0.05) is 5.54 Å². The minimum absolute atomic E-state index is 0.0186. The van der Waals surface area contributed by atoms with E-state index in [1.54, 1.807) is 0 Å². The molecule has 0 aliphatic heterocycles. The third kappa shape index (κ3) is 4.17. The molecule has 0 spiro atoms. The van der Waals surface area contributed by atoms with Crippen molar-refractivity contribution in [3.63, 3.8) is 0 Å². The van der Waals surface area contributed by atoms with E-state index in [0.717, 1.165) is 6.07 Å². The lowest BCUT2D eigenvalue weighted by Crippen LogP contribution is -2.24. The van der Waals surface area contributed by atoms with Gasteiger partial charge >= 0.3 is 11.9 Å². The van der Waals surface area contributed by atoms with E-state index in [1.807, 2.05) is 7.05 Å². The SMILES string of the molecule is CNC1(c2ccccc2)CC1.O=C(O)c1cccc(C(=O)O)c1. The summed E-state index contributed by atoms with van der Waals surface area (Å²) in [6.45, 7) is 0. The van der Waals surface area contributed by atoms with Gasteiger partial charge in [-0.3, -0.25) is 0 Å². The van der Waals surface area contributed by atoms with Gasteiger partial charge < -0.3 is 15.5 Å². The van der Waals surface area contributed by atoms with E-state index in [1.165, 1.54) is 36.6 Å². The summed E-state index contributed by atoms with van der Waals surface area (Å²) >= 11 is 0. The summed E-state index contributed by atoms with van der Waals surface area (Å²) in [4.78, 5) is 20.8. The van der Waals surface area contributed by atoms with Crippen LogP contribution in [-0.2, 0) is 5.54 Å². The van der Waals surface area contributed by atoms with Gasteiger partial charge in [-0.25, -0.2) is 9.59 Å². The molecule has 5 heteroatoms. The van der Waals surface area contributed by atoms with Gasteiger partial charge in [-0.2, -0.15) is 0 Å². The molecule has 2 aromatic carbocycles.